The Balaban J connectivity index is 1.64. The van der Waals surface area contributed by atoms with Crippen molar-refractivity contribution in [2.24, 2.45) is 0 Å². The minimum Gasteiger partial charge on any atom is -0.398 e. The third-order valence-corrected chi connectivity index (χ3v) is 7.14. The fourth-order valence-corrected chi connectivity index (χ4v) is 4.55. The largest absolute Gasteiger partial charge is 0.398 e. The van der Waals surface area contributed by atoms with E-state index in [1.54, 1.807) is 0 Å². The monoisotopic (exact) mass is 531 g/mol. The summed E-state index contributed by atoms with van der Waals surface area (Å²) in [6.07, 6.45) is 0. The van der Waals surface area contributed by atoms with E-state index >= 15 is 0 Å². The van der Waals surface area contributed by atoms with Crippen molar-refractivity contribution in [3.05, 3.63) is 69.7 Å². The van der Waals surface area contributed by atoms with Gasteiger partial charge in [-0.3, -0.25) is 19.2 Å². The molecule has 2 aromatic carbocycles. The van der Waals surface area contributed by atoms with Gasteiger partial charge in [0.05, 0.1) is 36.8 Å². The highest BCUT2D eigenvalue weighted by Crippen LogP contribution is 2.44. The van der Waals surface area contributed by atoms with E-state index in [0.717, 1.165) is 17.0 Å². The lowest BCUT2D eigenvalue weighted by Gasteiger charge is -2.51. The summed E-state index contributed by atoms with van der Waals surface area (Å²) in [5, 5.41) is -2.32. The molecule has 4 amide bonds. The fraction of sp³-hybridized carbons (Fsp3) is 0.273. The van der Waals surface area contributed by atoms with Gasteiger partial charge >= 0.3 is 5.92 Å². The molecular weight excluding hydrogens is 519 g/mol. The van der Waals surface area contributed by atoms with Crippen LogP contribution in [0.3, 0.4) is 0 Å². The number of benzene rings is 2. The van der Waals surface area contributed by atoms with Crippen molar-refractivity contribution in [2.75, 3.05) is 0 Å². The van der Waals surface area contributed by atoms with Crippen molar-refractivity contribution in [3.63, 3.8) is 0 Å². The summed E-state index contributed by atoms with van der Waals surface area (Å²) in [6, 6.07) is 7.86. The van der Waals surface area contributed by atoms with Crippen LogP contribution in [0.1, 0.15) is 27.0 Å². The first-order chi connectivity index (χ1) is 18.0. The Kier molecular flexibility index (Phi) is 7.20. The van der Waals surface area contributed by atoms with Gasteiger partial charge in [0, 0.05) is 22.7 Å². The van der Waals surface area contributed by atoms with E-state index in [1.165, 1.54) is 30.3 Å². The Morgan fingerprint density at radius 2 is 1.62 bits per heavy atom. The maximum atomic E-state index is 14.9. The normalized spacial score (nSPS) is 23.6. The van der Waals surface area contributed by atoms with Gasteiger partial charge in [0.15, 0.2) is 0 Å². The minimum absolute atomic E-state index is 0.0230. The molecule has 1 fully saturated rings. The molecule has 1 saturated heterocycles. The number of imide groups is 1. The molecular formula is C22H11B7ClF2N3O4. The molecule has 2 aromatic rings. The number of amides is 4. The first kappa shape index (κ1) is 29.1. The highest BCUT2D eigenvalue weighted by Gasteiger charge is 2.55. The standard InChI is InChI=1S/C22H11B7ClF2N3O4/c23-14-15(24)20(25,18(38)34(28)17(14)37)33-8-9-7-11(3-6-13(9)16(33)36)22(26,27)35(29)19(39)21(31,32)10-1-4-12(30)5-2-10/h1-7,14-15H,8H2/t14?,15?,20-/m1/s1. The van der Waals surface area contributed by atoms with E-state index in [4.69, 9.17) is 66.8 Å². The fourth-order valence-electron chi connectivity index (χ4n) is 4.43. The van der Waals surface area contributed by atoms with E-state index < -0.39 is 57.5 Å². The molecule has 0 aromatic heterocycles. The van der Waals surface area contributed by atoms with Gasteiger partial charge in [-0.15, -0.1) is 0 Å². The summed E-state index contributed by atoms with van der Waals surface area (Å²) in [6.45, 7) is -0.359. The number of alkyl halides is 2. The Morgan fingerprint density at radius 1 is 1.05 bits per heavy atom. The predicted octanol–water partition coefficient (Wildman–Crippen LogP) is -0.322. The summed E-state index contributed by atoms with van der Waals surface area (Å²) < 4.78 is 29.9. The second-order valence-corrected chi connectivity index (χ2v) is 9.67. The molecule has 14 radical (unpaired) electrons. The Labute approximate surface area is 237 Å². The van der Waals surface area contributed by atoms with E-state index in [-0.39, 0.29) is 37.9 Å². The van der Waals surface area contributed by atoms with E-state index in [2.05, 4.69) is 0 Å². The Morgan fingerprint density at radius 3 is 2.21 bits per heavy atom. The molecule has 17 heteroatoms. The van der Waals surface area contributed by atoms with Crippen LogP contribution >= 0.6 is 11.6 Å². The van der Waals surface area contributed by atoms with Gasteiger partial charge in [-0.2, -0.15) is 8.78 Å². The molecule has 2 aliphatic heterocycles. The van der Waals surface area contributed by atoms with Crippen LogP contribution in [-0.4, -0.2) is 98.8 Å². The van der Waals surface area contributed by atoms with Crippen LogP contribution in [-0.2, 0) is 32.2 Å². The topological polar surface area (TPSA) is 78.0 Å². The van der Waals surface area contributed by atoms with Gasteiger partial charge in [-0.05, 0) is 40.5 Å². The molecule has 2 unspecified atom stereocenters. The molecule has 7 nitrogen and oxygen atoms in total. The SMILES string of the molecule is [B]C1C(=O)N([B])C(=O)[C@]([B])(N2Cc3cc(C([B])([B])N([B])C(=O)C(F)(F)c4ccc(Cl)cc4)ccc3C2=O)C1[B]. The molecule has 2 aliphatic rings. The summed E-state index contributed by atoms with van der Waals surface area (Å²) in [5.74, 6) is -12.0. The minimum atomic E-state index is -4.12. The molecule has 0 spiro atoms. The molecule has 2 heterocycles. The molecule has 0 saturated carbocycles. The number of hydrogen-bond donors (Lipinski definition) is 0. The van der Waals surface area contributed by atoms with Crippen LogP contribution in [0.15, 0.2) is 42.5 Å². The van der Waals surface area contributed by atoms with Crippen LogP contribution in [0.4, 0.5) is 8.78 Å². The van der Waals surface area contributed by atoms with Gasteiger partial charge in [0.25, 0.3) is 11.8 Å². The van der Waals surface area contributed by atoms with Gasteiger partial charge in [-0.25, -0.2) is 0 Å². The molecule has 3 atom stereocenters. The molecule has 180 valence electrons. The van der Waals surface area contributed by atoms with E-state index in [0.29, 0.717) is 0 Å². The second-order valence-electron chi connectivity index (χ2n) is 9.24. The highest BCUT2D eigenvalue weighted by atomic mass is 35.5. The number of carbonyl (C=O) groups excluding carboxylic acids is 4. The average Bonchev–Trinajstić information content (AvgIpc) is 3.25. The number of fused-ring (bicyclic) bond motifs is 1. The zero-order valence-corrected chi connectivity index (χ0v) is 20.8. The molecule has 0 bridgehead atoms. The lowest BCUT2D eigenvalue weighted by Crippen LogP contribution is -2.68. The van der Waals surface area contributed by atoms with Crippen molar-refractivity contribution >= 4 is 90.4 Å². The first-order valence-electron chi connectivity index (χ1n) is 11.2. The maximum absolute atomic E-state index is 14.9. The summed E-state index contributed by atoms with van der Waals surface area (Å²) in [4.78, 5) is 51.9. The molecule has 0 N–H and O–H groups in total. The number of nitrogens with zero attached hydrogens (tertiary/aromatic N) is 3. The van der Waals surface area contributed by atoms with Crippen molar-refractivity contribution in [3.8, 4) is 0 Å². The summed E-state index contributed by atoms with van der Waals surface area (Å²) in [5.41, 5.74) is -2.95. The Hall–Kier alpha value is -2.88. The molecule has 4 rings (SSSR count). The maximum Gasteiger partial charge on any atom is 0.348 e. The van der Waals surface area contributed by atoms with Gasteiger partial charge in [-0.1, -0.05) is 41.7 Å². The number of halogens is 3. The van der Waals surface area contributed by atoms with E-state index in [1.807, 2.05) is 0 Å². The number of carbonyl (C=O) groups is 4. The third-order valence-electron chi connectivity index (χ3n) is 6.89. The van der Waals surface area contributed by atoms with Gasteiger partial charge in [0.1, 0.15) is 7.85 Å². The van der Waals surface area contributed by atoms with Crippen molar-refractivity contribution in [1.29, 1.82) is 0 Å². The number of piperidine rings is 1. The van der Waals surface area contributed by atoms with Gasteiger partial charge < -0.3 is 14.5 Å². The zero-order chi connectivity index (χ0) is 29.2. The first-order valence-corrected chi connectivity index (χ1v) is 11.5. The predicted molar refractivity (Wildman–Crippen MR) is 143 cm³/mol. The number of hydrogen-bond acceptors (Lipinski definition) is 4. The van der Waals surface area contributed by atoms with Crippen LogP contribution in [0, 0.1) is 0 Å². The molecule has 0 aliphatic carbocycles. The smallest absolute Gasteiger partial charge is 0.348 e. The van der Waals surface area contributed by atoms with Crippen LogP contribution in [0.5, 0.6) is 0 Å². The van der Waals surface area contributed by atoms with Crippen molar-refractivity contribution < 1.29 is 28.0 Å². The molecule has 39 heavy (non-hydrogen) atoms. The lowest BCUT2D eigenvalue weighted by atomic mass is 9.48. The Bertz CT molecular complexity index is 1400. The third kappa shape index (κ3) is 4.35. The second kappa shape index (κ2) is 9.64. The van der Waals surface area contributed by atoms with Crippen LogP contribution in [0.2, 0.25) is 16.7 Å². The van der Waals surface area contributed by atoms with Gasteiger partial charge in [0.2, 0.25) is 27.8 Å². The summed E-state index contributed by atoms with van der Waals surface area (Å²) >= 11 is 5.72. The zero-order valence-electron chi connectivity index (χ0n) is 20.1. The lowest BCUT2D eigenvalue weighted by molar-refractivity contribution is -0.155. The van der Waals surface area contributed by atoms with Crippen molar-refractivity contribution in [2.45, 2.75) is 34.9 Å². The van der Waals surface area contributed by atoms with Crippen LogP contribution < -0.4 is 0 Å². The van der Waals surface area contributed by atoms with Crippen LogP contribution in [0.25, 0.3) is 0 Å². The van der Waals surface area contributed by atoms with Crippen molar-refractivity contribution in [1.82, 2.24) is 14.5 Å². The average molecular weight is 530 g/mol. The quantitative estimate of drug-likeness (QED) is 0.392. The summed E-state index contributed by atoms with van der Waals surface area (Å²) in [7, 11) is 41.3. The highest BCUT2D eigenvalue weighted by molar-refractivity contribution is 6.48. The number of rotatable bonds is 5. The van der Waals surface area contributed by atoms with E-state index in [9.17, 15) is 28.0 Å².